The number of allylic oxidation sites excluding steroid dienone is 1. The topological polar surface area (TPSA) is 133 Å². The molecule has 0 saturated carbocycles. The maximum absolute atomic E-state index is 13.4. The van der Waals surface area contributed by atoms with Gasteiger partial charge < -0.3 is 20.4 Å². The molecule has 0 bridgehead atoms. The van der Waals surface area contributed by atoms with Crippen molar-refractivity contribution in [2.45, 2.75) is 45.8 Å². The Morgan fingerprint density at radius 2 is 1.89 bits per heavy atom. The van der Waals surface area contributed by atoms with Crippen molar-refractivity contribution in [1.82, 2.24) is 40.7 Å². The highest BCUT2D eigenvalue weighted by molar-refractivity contribution is 6.07. The van der Waals surface area contributed by atoms with Gasteiger partial charge in [-0.1, -0.05) is 5.10 Å². The molecule has 1 amide bonds. The molecule has 1 aromatic carbocycles. The summed E-state index contributed by atoms with van der Waals surface area (Å²) in [5.41, 5.74) is 4.77. The smallest absolute Gasteiger partial charge is 0.255 e. The highest BCUT2D eigenvalue weighted by atomic mass is 16.1. The fourth-order valence-corrected chi connectivity index (χ4v) is 5.53. The van der Waals surface area contributed by atoms with Crippen LogP contribution >= 0.6 is 0 Å². The van der Waals surface area contributed by atoms with Crippen molar-refractivity contribution in [3.05, 3.63) is 47.8 Å². The van der Waals surface area contributed by atoms with Gasteiger partial charge in [0, 0.05) is 60.8 Å². The van der Waals surface area contributed by atoms with Crippen LogP contribution in [0.25, 0.3) is 22.2 Å². The number of aromatic nitrogens is 7. The molecule has 4 aromatic rings. The van der Waals surface area contributed by atoms with Crippen LogP contribution in [-0.2, 0) is 4.79 Å². The Morgan fingerprint density at radius 3 is 2.68 bits per heavy atom. The van der Waals surface area contributed by atoms with Crippen LogP contribution in [0.1, 0.15) is 33.7 Å². The molecule has 2 aliphatic rings. The molecule has 0 radical (unpaired) electrons. The van der Waals surface area contributed by atoms with E-state index in [0.29, 0.717) is 29.3 Å². The summed E-state index contributed by atoms with van der Waals surface area (Å²) in [6, 6.07) is 10.3. The number of fused-ring (bicyclic) bond motifs is 2. The van der Waals surface area contributed by atoms with Gasteiger partial charge in [0.1, 0.15) is 11.5 Å². The lowest BCUT2D eigenvalue weighted by atomic mass is 10.0. The number of rotatable bonds is 4. The SMILES string of the molecule is CC1=C(C(=O)Nc2ccc3[nH]nc(-c4ccnc(N5C[C@@H](C)N[C@@H](C)C5)c4)c3c2)[C@H](C)n2nnnc2N1C. The van der Waals surface area contributed by atoms with E-state index in [-0.39, 0.29) is 11.9 Å². The first-order valence-electron chi connectivity index (χ1n) is 12.8. The van der Waals surface area contributed by atoms with E-state index in [9.17, 15) is 4.79 Å². The van der Waals surface area contributed by atoms with Gasteiger partial charge in [-0.05, 0) is 68.5 Å². The van der Waals surface area contributed by atoms with E-state index in [2.05, 4.69) is 66.2 Å². The number of benzene rings is 1. The normalized spacial score (nSPS) is 21.7. The number of H-pyrrole nitrogens is 1. The van der Waals surface area contributed by atoms with E-state index in [1.807, 2.05) is 56.3 Å². The lowest BCUT2D eigenvalue weighted by Crippen LogP contribution is -2.54. The van der Waals surface area contributed by atoms with Crippen molar-refractivity contribution in [2.75, 3.05) is 35.3 Å². The van der Waals surface area contributed by atoms with Crippen LogP contribution < -0.4 is 20.4 Å². The second kappa shape index (κ2) is 9.21. The van der Waals surface area contributed by atoms with Gasteiger partial charge in [0.15, 0.2) is 0 Å². The van der Waals surface area contributed by atoms with Crippen molar-refractivity contribution >= 4 is 34.3 Å². The summed E-state index contributed by atoms with van der Waals surface area (Å²) in [6.07, 6.45) is 1.83. The third-order valence-corrected chi connectivity index (χ3v) is 7.42. The Balaban J connectivity index is 1.29. The average molecular weight is 514 g/mol. The lowest BCUT2D eigenvalue weighted by molar-refractivity contribution is -0.113. The molecule has 12 nitrogen and oxygen atoms in total. The Morgan fingerprint density at radius 1 is 1.11 bits per heavy atom. The maximum atomic E-state index is 13.4. The Kier molecular flexibility index (Phi) is 5.83. The molecule has 0 unspecified atom stereocenters. The van der Waals surface area contributed by atoms with Crippen molar-refractivity contribution in [1.29, 1.82) is 0 Å². The van der Waals surface area contributed by atoms with Crippen molar-refractivity contribution in [2.24, 2.45) is 0 Å². The molecule has 196 valence electrons. The Bertz CT molecular complexity index is 1540. The summed E-state index contributed by atoms with van der Waals surface area (Å²) < 4.78 is 1.65. The summed E-state index contributed by atoms with van der Waals surface area (Å²) in [5.74, 6) is 1.35. The van der Waals surface area contributed by atoms with Gasteiger partial charge in [0.25, 0.3) is 5.91 Å². The van der Waals surface area contributed by atoms with Gasteiger partial charge in [-0.2, -0.15) is 5.10 Å². The van der Waals surface area contributed by atoms with Crippen LogP contribution in [0, 0.1) is 0 Å². The minimum Gasteiger partial charge on any atom is -0.354 e. The van der Waals surface area contributed by atoms with Crippen LogP contribution in [0.15, 0.2) is 47.8 Å². The average Bonchev–Trinajstić information content (AvgIpc) is 3.55. The number of amides is 1. The van der Waals surface area contributed by atoms with Crippen molar-refractivity contribution in [3.63, 3.8) is 0 Å². The maximum Gasteiger partial charge on any atom is 0.255 e. The lowest BCUT2D eigenvalue weighted by Gasteiger charge is -2.37. The number of nitrogens with zero attached hydrogens (tertiary/aromatic N) is 8. The molecule has 2 aliphatic heterocycles. The molecule has 0 aliphatic carbocycles. The fourth-order valence-electron chi connectivity index (χ4n) is 5.53. The van der Waals surface area contributed by atoms with E-state index >= 15 is 0 Å². The zero-order chi connectivity index (χ0) is 26.6. The van der Waals surface area contributed by atoms with E-state index in [1.54, 1.807) is 4.68 Å². The largest absolute Gasteiger partial charge is 0.354 e. The first-order chi connectivity index (χ1) is 18.3. The fraction of sp³-hybridized carbons (Fsp3) is 0.385. The van der Waals surface area contributed by atoms with Crippen LogP contribution in [0.4, 0.5) is 17.5 Å². The molecule has 6 rings (SSSR count). The predicted molar refractivity (Wildman–Crippen MR) is 146 cm³/mol. The number of nitrogens with one attached hydrogen (secondary N) is 3. The van der Waals surface area contributed by atoms with E-state index in [1.165, 1.54) is 0 Å². The second-order valence-electron chi connectivity index (χ2n) is 10.2. The summed E-state index contributed by atoms with van der Waals surface area (Å²) >= 11 is 0. The molecule has 38 heavy (non-hydrogen) atoms. The number of anilines is 3. The number of hydrogen-bond acceptors (Lipinski definition) is 9. The molecule has 1 saturated heterocycles. The molecule has 3 atom stereocenters. The number of hydrogen-bond donors (Lipinski definition) is 3. The van der Waals surface area contributed by atoms with Crippen LogP contribution in [-0.4, -0.2) is 73.5 Å². The third kappa shape index (κ3) is 4.06. The van der Waals surface area contributed by atoms with Crippen LogP contribution in [0.5, 0.6) is 0 Å². The zero-order valence-electron chi connectivity index (χ0n) is 22.1. The first kappa shape index (κ1) is 24.0. The highest BCUT2D eigenvalue weighted by Crippen LogP contribution is 2.34. The molecule has 12 heteroatoms. The van der Waals surface area contributed by atoms with Gasteiger partial charge in [0.05, 0.1) is 17.1 Å². The van der Waals surface area contributed by atoms with Gasteiger partial charge >= 0.3 is 0 Å². The Hall–Kier alpha value is -4.32. The van der Waals surface area contributed by atoms with E-state index in [4.69, 9.17) is 0 Å². The summed E-state index contributed by atoms with van der Waals surface area (Å²) in [5, 5.41) is 27.2. The van der Waals surface area contributed by atoms with E-state index in [0.717, 1.165) is 46.8 Å². The van der Waals surface area contributed by atoms with Crippen LogP contribution in [0.2, 0.25) is 0 Å². The van der Waals surface area contributed by atoms with Crippen molar-refractivity contribution in [3.8, 4) is 11.3 Å². The second-order valence-corrected chi connectivity index (χ2v) is 10.2. The quantitative estimate of drug-likeness (QED) is 0.377. The van der Waals surface area contributed by atoms with Gasteiger partial charge in [-0.25, -0.2) is 9.67 Å². The molecule has 5 heterocycles. The molecule has 1 fully saturated rings. The summed E-state index contributed by atoms with van der Waals surface area (Å²) in [7, 11) is 1.85. The van der Waals surface area contributed by atoms with Crippen LogP contribution in [0.3, 0.4) is 0 Å². The molecule has 0 spiro atoms. The number of carbonyl (C=O) groups excluding carboxylic acids is 1. The minimum atomic E-state index is -0.296. The van der Waals surface area contributed by atoms with Gasteiger partial charge in [-0.3, -0.25) is 9.89 Å². The predicted octanol–water partition coefficient (Wildman–Crippen LogP) is 2.72. The Labute approximate surface area is 220 Å². The van der Waals surface area contributed by atoms with Gasteiger partial charge in [-0.15, -0.1) is 0 Å². The minimum absolute atomic E-state index is 0.194. The molecular weight excluding hydrogens is 482 g/mol. The van der Waals surface area contributed by atoms with Gasteiger partial charge in [0.2, 0.25) is 5.95 Å². The molecule has 3 aromatic heterocycles. The monoisotopic (exact) mass is 513 g/mol. The standard InChI is InChI=1S/C26H31N11O/c1-14-12-36(13-15(2)28-14)22-10-18(8-9-27-22)24-20-11-19(6-7-21(20)30-31-24)29-25(38)23-16(3)35(5)26-32-33-34-37(26)17(23)4/h6-11,14-15,17,28H,12-13H2,1-5H3,(H,29,38)(H,30,31)/t14-,15+,17-/m0/s1. The summed E-state index contributed by atoms with van der Waals surface area (Å²) in [6.45, 7) is 10.00. The molecule has 3 N–H and O–H groups in total. The third-order valence-electron chi connectivity index (χ3n) is 7.42. The highest BCUT2D eigenvalue weighted by Gasteiger charge is 2.32. The van der Waals surface area contributed by atoms with Crippen molar-refractivity contribution < 1.29 is 4.79 Å². The number of carbonyl (C=O) groups is 1. The number of piperazine rings is 1. The summed E-state index contributed by atoms with van der Waals surface area (Å²) in [4.78, 5) is 22.2. The first-order valence-corrected chi connectivity index (χ1v) is 12.8. The number of aromatic amines is 1. The molecular formula is C26H31N11O. The number of pyridine rings is 1. The van der Waals surface area contributed by atoms with E-state index < -0.39 is 0 Å². The number of tetrazole rings is 1. The zero-order valence-corrected chi connectivity index (χ0v) is 22.1.